The molecule has 1 heterocycles. The molecule has 0 spiro atoms. The Morgan fingerprint density at radius 3 is 3.21 bits per heavy atom. The minimum Gasteiger partial charge on any atom is -0.260 e. The quantitative estimate of drug-likeness (QED) is 0.615. The third-order valence-corrected chi connectivity index (χ3v) is 3.23. The number of benzene rings is 1. The van der Waals surface area contributed by atoms with Gasteiger partial charge in [-0.25, -0.2) is 5.06 Å². The highest BCUT2D eigenvalue weighted by molar-refractivity contribution is 14.1. The molecule has 1 aromatic rings. The molecular weight excluding hydrogens is 309 g/mol. The van der Waals surface area contributed by atoms with Crippen LogP contribution >= 0.6 is 34.4 Å². The first-order valence-corrected chi connectivity index (χ1v) is 6.19. The first kappa shape index (κ1) is 10.1. The van der Waals surface area contributed by atoms with E-state index in [1.54, 1.807) is 11.8 Å². The predicted octanol–water partition coefficient (Wildman–Crippen LogP) is 2.88. The maximum Gasteiger partial charge on any atom is 0.136 e. The molecule has 14 heavy (non-hydrogen) atoms. The van der Waals surface area contributed by atoms with Crippen molar-refractivity contribution >= 4 is 40.0 Å². The Morgan fingerprint density at radius 1 is 1.50 bits per heavy atom. The summed E-state index contributed by atoms with van der Waals surface area (Å²) in [6.45, 7) is 0.456. The molecule has 1 aromatic carbocycles. The number of para-hydroxylation sites is 1. The lowest BCUT2D eigenvalue weighted by Gasteiger charge is -2.15. The minimum atomic E-state index is 0.456. The highest BCUT2D eigenvalue weighted by Gasteiger charge is 2.18. The molecule has 0 aromatic heterocycles. The van der Waals surface area contributed by atoms with Crippen LogP contribution < -0.4 is 5.06 Å². The number of hydrogen-bond donors (Lipinski definition) is 0. The molecule has 72 valence electrons. The summed E-state index contributed by atoms with van der Waals surface area (Å²) in [6, 6.07) is 8.23. The SMILES string of the molecule is IC#CCON1CSc2ccccc21. The maximum atomic E-state index is 5.50. The Bertz CT molecular complexity index is 385. The number of nitrogens with zero attached hydrogens (tertiary/aromatic N) is 1. The van der Waals surface area contributed by atoms with Gasteiger partial charge in [0.05, 0.1) is 11.6 Å². The molecule has 2 rings (SSSR count). The Hall–Kier alpha value is -0.380. The number of hydroxylamine groups is 1. The molecular formula is C10H8INOS. The molecule has 0 N–H and O–H groups in total. The van der Waals surface area contributed by atoms with Crippen molar-refractivity contribution in [1.82, 2.24) is 0 Å². The smallest absolute Gasteiger partial charge is 0.136 e. The van der Waals surface area contributed by atoms with Crippen LogP contribution in [0.2, 0.25) is 0 Å². The van der Waals surface area contributed by atoms with Crippen LogP contribution in [0.4, 0.5) is 5.69 Å². The number of anilines is 1. The second-order valence-corrected chi connectivity index (χ2v) is 4.19. The van der Waals surface area contributed by atoms with E-state index < -0.39 is 0 Å². The monoisotopic (exact) mass is 317 g/mol. The summed E-state index contributed by atoms with van der Waals surface area (Å²) in [6.07, 6.45) is 0. The van der Waals surface area contributed by atoms with Crippen LogP contribution in [-0.4, -0.2) is 12.5 Å². The fourth-order valence-corrected chi connectivity index (χ4v) is 2.35. The third-order valence-electron chi connectivity index (χ3n) is 1.83. The zero-order chi connectivity index (χ0) is 9.80. The lowest BCUT2D eigenvalue weighted by atomic mass is 10.3. The van der Waals surface area contributed by atoms with Gasteiger partial charge in [-0.2, -0.15) is 0 Å². The van der Waals surface area contributed by atoms with E-state index in [9.17, 15) is 0 Å². The van der Waals surface area contributed by atoms with Crippen molar-refractivity contribution in [3.8, 4) is 9.85 Å². The van der Waals surface area contributed by atoms with Gasteiger partial charge in [0.25, 0.3) is 0 Å². The summed E-state index contributed by atoms with van der Waals surface area (Å²) in [5.74, 6) is 3.72. The minimum absolute atomic E-state index is 0.456. The van der Waals surface area contributed by atoms with Gasteiger partial charge in [-0.15, -0.1) is 0 Å². The molecule has 4 heteroatoms. The summed E-state index contributed by atoms with van der Waals surface area (Å²) in [5, 5.41) is 1.89. The van der Waals surface area contributed by atoms with E-state index >= 15 is 0 Å². The van der Waals surface area contributed by atoms with Crippen molar-refractivity contribution in [2.45, 2.75) is 4.90 Å². The van der Waals surface area contributed by atoms with Gasteiger partial charge in [0, 0.05) is 27.5 Å². The van der Waals surface area contributed by atoms with Crippen LogP contribution in [0.25, 0.3) is 0 Å². The van der Waals surface area contributed by atoms with Gasteiger partial charge >= 0.3 is 0 Å². The van der Waals surface area contributed by atoms with Crippen molar-refractivity contribution < 1.29 is 4.84 Å². The van der Waals surface area contributed by atoms with Crippen molar-refractivity contribution in [1.29, 1.82) is 0 Å². The standard InChI is InChI=1S/C10H8INOS/c11-6-3-7-13-12-8-14-10-5-2-1-4-9(10)12/h1-2,4-5H,7-8H2. The molecule has 0 atom stereocenters. The number of thioether (sulfide) groups is 1. The van der Waals surface area contributed by atoms with E-state index in [0.717, 1.165) is 11.6 Å². The molecule has 2 nitrogen and oxygen atoms in total. The summed E-state index contributed by atoms with van der Waals surface area (Å²) in [7, 11) is 0. The van der Waals surface area contributed by atoms with Gasteiger partial charge in [-0.3, -0.25) is 4.84 Å². The van der Waals surface area contributed by atoms with Crippen LogP contribution in [0.1, 0.15) is 0 Å². The molecule has 1 aliphatic heterocycles. The molecule has 0 saturated heterocycles. The number of hydrogen-bond acceptors (Lipinski definition) is 3. The average molecular weight is 317 g/mol. The van der Waals surface area contributed by atoms with Crippen molar-refractivity contribution in [2.75, 3.05) is 17.5 Å². The molecule has 0 saturated carbocycles. The van der Waals surface area contributed by atoms with E-state index in [1.165, 1.54) is 4.90 Å². The lowest BCUT2D eigenvalue weighted by Crippen LogP contribution is -2.19. The van der Waals surface area contributed by atoms with Crippen LogP contribution in [0.15, 0.2) is 29.2 Å². The Kier molecular flexibility index (Phi) is 3.56. The first-order valence-electron chi connectivity index (χ1n) is 4.12. The maximum absolute atomic E-state index is 5.50. The van der Waals surface area contributed by atoms with Crippen molar-refractivity contribution in [3.63, 3.8) is 0 Å². The molecule has 0 amide bonds. The van der Waals surface area contributed by atoms with E-state index in [4.69, 9.17) is 4.84 Å². The van der Waals surface area contributed by atoms with E-state index in [0.29, 0.717) is 6.61 Å². The van der Waals surface area contributed by atoms with E-state index in [1.807, 2.05) is 39.8 Å². The Balaban J connectivity index is 2.05. The first-order chi connectivity index (χ1) is 6.92. The van der Waals surface area contributed by atoms with Crippen LogP contribution in [-0.2, 0) is 4.84 Å². The van der Waals surface area contributed by atoms with Gasteiger partial charge in [0.2, 0.25) is 0 Å². The largest absolute Gasteiger partial charge is 0.260 e. The highest BCUT2D eigenvalue weighted by atomic mass is 127. The number of fused-ring (bicyclic) bond motifs is 1. The summed E-state index contributed by atoms with van der Waals surface area (Å²) in [5.41, 5.74) is 1.15. The van der Waals surface area contributed by atoms with Gasteiger partial charge < -0.3 is 0 Å². The summed E-state index contributed by atoms with van der Waals surface area (Å²) >= 11 is 3.79. The average Bonchev–Trinajstić information content (AvgIpc) is 2.63. The topological polar surface area (TPSA) is 12.5 Å². The Labute approximate surface area is 101 Å². The van der Waals surface area contributed by atoms with E-state index in [2.05, 4.69) is 22.0 Å². The zero-order valence-electron chi connectivity index (χ0n) is 7.37. The molecule has 0 fully saturated rings. The second-order valence-electron chi connectivity index (χ2n) is 2.66. The summed E-state index contributed by atoms with van der Waals surface area (Å²) in [4.78, 5) is 6.78. The molecule has 0 bridgehead atoms. The van der Waals surface area contributed by atoms with E-state index in [-0.39, 0.29) is 0 Å². The molecule has 0 aliphatic carbocycles. The van der Waals surface area contributed by atoms with Crippen LogP contribution in [0.3, 0.4) is 0 Å². The van der Waals surface area contributed by atoms with Gasteiger partial charge in [-0.1, -0.05) is 29.8 Å². The third kappa shape index (κ3) is 2.16. The van der Waals surface area contributed by atoms with Crippen molar-refractivity contribution in [2.24, 2.45) is 0 Å². The normalized spacial score (nSPS) is 13.4. The fourth-order valence-electron chi connectivity index (χ4n) is 1.23. The van der Waals surface area contributed by atoms with Gasteiger partial charge in [-0.05, 0) is 16.1 Å². The van der Waals surface area contributed by atoms with Crippen LogP contribution in [0.5, 0.6) is 0 Å². The van der Waals surface area contributed by atoms with Crippen molar-refractivity contribution in [3.05, 3.63) is 24.3 Å². The Morgan fingerprint density at radius 2 is 2.36 bits per heavy atom. The zero-order valence-corrected chi connectivity index (χ0v) is 10.3. The molecule has 0 radical (unpaired) electrons. The highest BCUT2D eigenvalue weighted by Crippen LogP contribution is 2.37. The molecule has 1 aliphatic rings. The predicted molar refractivity (Wildman–Crippen MR) is 67.4 cm³/mol. The summed E-state index contributed by atoms with van der Waals surface area (Å²) < 4.78 is 2.78. The number of rotatable bonds is 2. The lowest BCUT2D eigenvalue weighted by molar-refractivity contribution is 0.151. The van der Waals surface area contributed by atoms with Gasteiger partial charge in [0.1, 0.15) is 6.61 Å². The second kappa shape index (κ2) is 4.91. The number of halogens is 1. The molecule has 0 unspecified atom stereocenters. The fraction of sp³-hybridized carbons (Fsp3) is 0.200. The van der Waals surface area contributed by atoms with Crippen LogP contribution in [0, 0.1) is 9.85 Å². The van der Waals surface area contributed by atoms with Gasteiger partial charge in [0.15, 0.2) is 0 Å².